The highest BCUT2D eigenvalue weighted by atomic mass is 16.4. The molecule has 30 heteroatoms. The van der Waals surface area contributed by atoms with E-state index >= 15 is 0 Å². The Morgan fingerprint density at radius 3 is 1.63 bits per heavy atom. The molecule has 1 saturated heterocycles. The van der Waals surface area contributed by atoms with E-state index in [9.17, 15) is 87.9 Å². The molecule has 468 valence electrons. The van der Waals surface area contributed by atoms with Crippen molar-refractivity contribution in [1.82, 2.24) is 47.1 Å². The Bertz CT molecular complexity index is 3190. The number of nitrogens with zero attached hydrogens (tertiary/aromatic N) is 1. The molecule has 1 aromatic heterocycles. The summed E-state index contributed by atoms with van der Waals surface area (Å²) in [5.41, 5.74) is 18.4. The van der Waals surface area contributed by atoms with Crippen molar-refractivity contribution in [2.45, 2.75) is 139 Å². The van der Waals surface area contributed by atoms with E-state index in [1.54, 1.807) is 30.5 Å². The molecule has 30 nitrogen and oxygen atoms in total. The average molecular weight is 1210 g/mol. The number of phenols is 2. The van der Waals surface area contributed by atoms with E-state index < -0.39 is 176 Å². The van der Waals surface area contributed by atoms with Crippen molar-refractivity contribution in [3.05, 3.63) is 95.7 Å². The van der Waals surface area contributed by atoms with Crippen LogP contribution < -0.4 is 54.4 Å². The maximum atomic E-state index is 14.8. The molecular weight excluding hydrogens is 1140 g/mol. The van der Waals surface area contributed by atoms with Crippen molar-refractivity contribution in [1.29, 1.82) is 0 Å². The lowest BCUT2D eigenvalue weighted by Crippen LogP contribution is -2.61. The minimum Gasteiger partial charge on any atom is -0.508 e. The lowest BCUT2D eigenvalue weighted by Gasteiger charge is -2.32. The number of carbonyl (C=O) groups excluding carboxylic acids is 10. The molecule has 10 amide bonds. The number of hydrogen-bond acceptors (Lipinski definition) is 16. The van der Waals surface area contributed by atoms with Crippen LogP contribution in [0.2, 0.25) is 0 Å². The number of aromatic hydroxyl groups is 2. The molecule has 9 atom stereocenters. The van der Waals surface area contributed by atoms with Crippen molar-refractivity contribution in [2.75, 3.05) is 6.54 Å². The first-order chi connectivity index (χ1) is 41.1. The van der Waals surface area contributed by atoms with E-state index in [4.69, 9.17) is 17.2 Å². The molecule has 0 radical (unpaired) electrons. The number of hydrogen-bond donors (Lipinski definition) is 16. The van der Waals surface area contributed by atoms with E-state index in [-0.39, 0.29) is 50.1 Å². The molecule has 87 heavy (non-hydrogen) atoms. The van der Waals surface area contributed by atoms with Crippen molar-refractivity contribution >= 4 is 87.9 Å². The topological polar surface area (TPSA) is 504 Å². The molecule has 0 unspecified atom stereocenters. The van der Waals surface area contributed by atoms with Gasteiger partial charge in [0.2, 0.25) is 59.1 Å². The SMILES string of the molecule is CC(C)[C@H](NC(=O)[C@@H]1CCCN1C(=O)[C@H](Cc1ccc(O)cc1)NC(=O)[C@H](CC(N)=O)NC(=O)[C@H](Cc1ccc(O)cc1)NC(=O)[C@@H](N)CC(=O)O)C(=O)N[C@@H](CCC(=O)O)C(=O)N[C@@H](Cc1c[nH]c2ccccc12)C(=O)N[C@@H](CCC(N)=O)C(=O)O. The molecule has 4 aromatic rings. The third kappa shape index (κ3) is 20.6. The Morgan fingerprint density at radius 1 is 0.563 bits per heavy atom. The van der Waals surface area contributed by atoms with Gasteiger partial charge in [0.15, 0.2) is 0 Å². The maximum absolute atomic E-state index is 14.8. The summed E-state index contributed by atoms with van der Waals surface area (Å²) in [7, 11) is 0. The number of benzene rings is 3. The monoisotopic (exact) mass is 1210 g/mol. The minimum atomic E-state index is -1.84. The summed E-state index contributed by atoms with van der Waals surface area (Å²) < 4.78 is 0. The largest absolute Gasteiger partial charge is 0.508 e. The number of para-hydroxylation sites is 1. The fourth-order valence-corrected chi connectivity index (χ4v) is 9.56. The van der Waals surface area contributed by atoms with E-state index in [0.29, 0.717) is 27.6 Å². The molecule has 2 heterocycles. The van der Waals surface area contributed by atoms with Gasteiger partial charge in [-0.2, -0.15) is 0 Å². The Balaban J connectivity index is 1.38. The van der Waals surface area contributed by atoms with Crippen LogP contribution in [0.4, 0.5) is 0 Å². The van der Waals surface area contributed by atoms with Gasteiger partial charge in [-0.15, -0.1) is 0 Å². The van der Waals surface area contributed by atoms with Crippen molar-refractivity contribution < 1.29 is 87.9 Å². The van der Waals surface area contributed by atoms with E-state index in [0.717, 1.165) is 4.90 Å². The molecule has 0 aliphatic carbocycles. The quantitative estimate of drug-likeness (QED) is 0.0235. The number of H-pyrrole nitrogens is 1. The van der Waals surface area contributed by atoms with Crippen molar-refractivity contribution in [3.63, 3.8) is 0 Å². The minimum absolute atomic E-state index is 0.0172. The summed E-state index contributed by atoms with van der Waals surface area (Å²) in [4.78, 5) is 177. The van der Waals surface area contributed by atoms with E-state index in [1.165, 1.54) is 62.4 Å². The smallest absolute Gasteiger partial charge is 0.326 e. The summed E-state index contributed by atoms with van der Waals surface area (Å²) in [5.74, 6) is -15.5. The molecule has 1 aliphatic rings. The number of primary amides is 2. The number of carboxylic acid groups (broad SMARTS) is 3. The van der Waals surface area contributed by atoms with E-state index in [1.807, 2.05) is 0 Å². The second-order valence-electron chi connectivity index (χ2n) is 21.2. The summed E-state index contributed by atoms with van der Waals surface area (Å²) >= 11 is 0. The third-order valence-corrected chi connectivity index (χ3v) is 14.2. The number of aliphatic carboxylic acids is 3. The van der Waals surface area contributed by atoms with Crippen LogP contribution in [0, 0.1) is 5.92 Å². The zero-order chi connectivity index (χ0) is 64.2. The molecule has 19 N–H and O–H groups in total. The van der Waals surface area contributed by atoms with Gasteiger partial charge in [-0.25, -0.2) is 4.79 Å². The Kier molecular flexibility index (Phi) is 24.6. The van der Waals surface area contributed by atoms with Gasteiger partial charge in [-0.1, -0.05) is 56.3 Å². The van der Waals surface area contributed by atoms with Crippen LogP contribution in [0.3, 0.4) is 0 Å². The lowest BCUT2D eigenvalue weighted by molar-refractivity contribution is -0.143. The lowest BCUT2D eigenvalue weighted by atomic mass is 10.00. The van der Waals surface area contributed by atoms with Crippen LogP contribution in [0.1, 0.15) is 81.9 Å². The highest BCUT2D eigenvalue weighted by molar-refractivity contribution is 6.00. The maximum Gasteiger partial charge on any atom is 0.326 e. The van der Waals surface area contributed by atoms with Crippen LogP contribution in [0.15, 0.2) is 79.0 Å². The van der Waals surface area contributed by atoms with Crippen LogP contribution in [-0.4, -0.2) is 173 Å². The normalized spacial score (nSPS) is 15.6. The first kappa shape index (κ1) is 67.7. The summed E-state index contributed by atoms with van der Waals surface area (Å²) in [6.45, 7) is 3.00. The predicted octanol–water partition coefficient (Wildman–Crippen LogP) is -2.46. The number of fused-ring (bicyclic) bond motifs is 1. The number of aromatic amines is 1. The average Bonchev–Trinajstić information content (AvgIpc) is 2.10. The molecule has 1 aliphatic heterocycles. The number of carboxylic acids is 3. The van der Waals surface area contributed by atoms with Gasteiger partial charge in [0, 0.05) is 55.7 Å². The second kappa shape index (κ2) is 31.7. The number of amides is 10. The zero-order valence-electron chi connectivity index (χ0n) is 47.5. The summed E-state index contributed by atoms with van der Waals surface area (Å²) in [6, 6.07) is 3.45. The number of phenolic OH excluding ortho intramolecular Hbond substituents is 2. The van der Waals surface area contributed by atoms with Gasteiger partial charge in [0.05, 0.1) is 18.9 Å². The molecule has 0 bridgehead atoms. The molecule has 5 rings (SSSR count). The summed E-state index contributed by atoms with van der Waals surface area (Å²) in [5, 5.41) is 66.4. The fraction of sp³-hybridized carbons (Fsp3) is 0.421. The Morgan fingerprint density at radius 2 is 1.07 bits per heavy atom. The van der Waals surface area contributed by atoms with Crippen LogP contribution in [0.5, 0.6) is 11.5 Å². The number of aromatic nitrogens is 1. The van der Waals surface area contributed by atoms with Gasteiger partial charge in [0.1, 0.15) is 59.8 Å². The standard InChI is InChI=1S/C57H72N12O18/c1-28(2)48(55(84)62-37(18-20-46(74)75)50(79)65-40(24-31-27-61-36-7-4-3-6-34(31)36)52(81)63-38(57(86)87)17-19-44(59)72)68-54(83)43-8-5-21-69(43)56(85)42(23-30-11-15-33(71)16-12-30)67-53(82)41(26-45(60)73)66-51(80)39(22-29-9-13-32(70)14-10-29)64-49(78)35(58)25-47(76)77/h3-4,6-7,9-16,27-28,35,37-43,48,61,70-71H,5,8,17-26,58H2,1-2H3,(H2,59,72)(H2,60,73)(H,62,84)(H,63,81)(H,64,78)(H,65,79)(H,66,80)(H,67,82)(H,68,83)(H,74,75)(H,76,77)(H,86,87)/t35-,37-,38-,39-,40-,41-,42-,43-,48-/m0/s1. The predicted molar refractivity (Wildman–Crippen MR) is 306 cm³/mol. The van der Waals surface area contributed by atoms with Crippen molar-refractivity contribution in [3.8, 4) is 11.5 Å². The zero-order valence-corrected chi connectivity index (χ0v) is 47.5. The number of carbonyl (C=O) groups is 13. The Hall–Kier alpha value is -10.1. The molecule has 0 spiro atoms. The number of nitrogens with two attached hydrogens (primary N) is 3. The van der Waals surface area contributed by atoms with Gasteiger partial charge < -0.3 is 89.8 Å². The molecule has 3 aromatic carbocycles. The fourth-order valence-electron chi connectivity index (χ4n) is 9.56. The number of nitrogens with one attached hydrogen (secondary N) is 8. The first-order valence-corrected chi connectivity index (χ1v) is 27.6. The first-order valence-electron chi connectivity index (χ1n) is 27.6. The van der Waals surface area contributed by atoms with Crippen LogP contribution in [-0.2, 0) is 81.6 Å². The van der Waals surface area contributed by atoms with E-state index in [2.05, 4.69) is 42.2 Å². The van der Waals surface area contributed by atoms with Gasteiger partial charge in [-0.3, -0.25) is 57.5 Å². The van der Waals surface area contributed by atoms with Crippen LogP contribution >= 0.6 is 0 Å². The van der Waals surface area contributed by atoms with Gasteiger partial charge >= 0.3 is 17.9 Å². The number of rotatable bonds is 33. The highest BCUT2D eigenvalue weighted by Gasteiger charge is 2.41. The van der Waals surface area contributed by atoms with Gasteiger partial charge in [0.25, 0.3) is 0 Å². The third-order valence-electron chi connectivity index (χ3n) is 14.2. The Labute approximate surface area is 497 Å². The summed E-state index contributed by atoms with van der Waals surface area (Å²) in [6.07, 6.45) is -2.83. The van der Waals surface area contributed by atoms with Gasteiger partial charge in [-0.05, 0) is 78.6 Å². The molecule has 1 fully saturated rings. The van der Waals surface area contributed by atoms with Crippen LogP contribution in [0.25, 0.3) is 10.9 Å². The number of likely N-dealkylation sites (tertiary alicyclic amines) is 1. The highest BCUT2D eigenvalue weighted by Crippen LogP contribution is 2.23. The van der Waals surface area contributed by atoms with Crippen molar-refractivity contribution in [2.24, 2.45) is 23.1 Å². The molecular formula is C57H72N12O18. The molecule has 0 saturated carbocycles. The second-order valence-corrected chi connectivity index (χ2v) is 21.2.